The second-order valence-electron chi connectivity index (χ2n) is 6.58. The van der Waals surface area contributed by atoms with E-state index in [0.717, 1.165) is 18.4 Å². The van der Waals surface area contributed by atoms with Gasteiger partial charge in [-0.1, -0.05) is 32.6 Å². The molecular formula is C17H28N2S. The molecule has 1 aromatic heterocycles. The Kier molecular flexibility index (Phi) is 4.77. The van der Waals surface area contributed by atoms with Gasteiger partial charge in [-0.05, 0) is 44.9 Å². The van der Waals surface area contributed by atoms with Crippen LogP contribution in [0, 0.1) is 12.8 Å². The van der Waals surface area contributed by atoms with Gasteiger partial charge in [-0.3, -0.25) is 0 Å². The molecule has 3 rings (SSSR count). The predicted molar refractivity (Wildman–Crippen MR) is 86.3 cm³/mol. The molecule has 20 heavy (non-hydrogen) atoms. The molecule has 0 aliphatic heterocycles. The van der Waals surface area contributed by atoms with Gasteiger partial charge < -0.3 is 5.32 Å². The van der Waals surface area contributed by atoms with Crippen LogP contribution in [0.3, 0.4) is 0 Å². The SMILES string of the molecule is CCc1nc(C(NC2CC2)C2CCCCCC2)sc1C. The van der Waals surface area contributed by atoms with Crippen LogP contribution >= 0.6 is 11.3 Å². The Hall–Kier alpha value is -0.410. The fraction of sp³-hybridized carbons (Fsp3) is 0.824. The van der Waals surface area contributed by atoms with E-state index in [0.29, 0.717) is 6.04 Å². The highest BCUT2D eigenvalue weighted by molar-refractivity contribution is 7.11. The lowest BCUT2D eigenvalue weighted by atomic mass is 9.92. The minimum Gasteiger partial charge on any atom is -0.305 e. The van der Waals surface area contributed by atoms with E-state index < -0.39 is 0 Å². The van der Waals surface area contributed by atoms with E-state index in [2.05, 4.69) is 19.2 Å². The van der Waals surface area contributed by atoms with Crippen LogP contribution in [0.4, 0.5) is 0 Å². The summed E-state index contributed by atoms with van der Waals surface area (Å²) in [6.45, 7) is 4.46. The molecule has 2 fully saturated rings. The Morgan fingerprint density at radius 2 is 1.85 bits per heavy atom. The van der Waals surface area contributed by atoms with Crippen molar-refractivity contribution in [2.45, 2.75) is 83.7 Å². The van der Waals surface area contributed by atoms with Gasteiger partial charge in [0.25, 0.3) is 0 Å². The van der Waals surface area contributed by atoms with E-state index >= 15 is 0 Å². The lowest BCUT2D eigenvalue weighted by Crippen LogP contribution is -2.30. The average molecular weight is 292 g/mol. The van der Waals surface area contributed by atoms with Crippen LogP contribution in [0.15, 0.2) is 0 Å². The molecule has 1 N–H and O–H groups in total. The molecule has 3 heteroatoms. The molecule has 1 aromatic rings. The van der Waals surface area contributed by atoms with Crippen LogP contribution < -0.4 is 5.32 Å². The minimum atomic E-state index is 0.532. The van der Waals surface area contributed by atoms with Gasteiger partial charge in [-0.2, -0.15) is 0 Å². The van der Waals surface area contributed by atoms with E-state index in [9.17, 15) is 0 Å². The topological polar surface area (TPSA) is 24.9 Å². The standard InChI is InChI=1S/C17H28N2S/c1-3-15-12(2)20-17(19-15)16(18-14-10-11-14)13-8-6-4-5-7-9-13/h13-14,16,18H,3-11H2,1-2H3. The number of aryl methyl sites for hydroxylation is 2. The van der Waals surface area contributed by atoms with Crippen LogP contribution in [0.1, 0.15) is 79.9 Å². The van der Waals surface area contributed by atoms with Crippen molar-refractivity contribution in [3.63, 3.8) is 0 Å². The second-order valence-corrected chi connectivity index (χ2v) is 7.81. The fourth-order valence-electron chi connectivity index (χ4n) is 3.47. The molecule has 1 heterocycles. The van der Waals surface area contributed by atoms with Crippen LogP contribution in [0.5, 0.6) is 0 Å². The Morgan fingerprint density at radius 1 is 1.15 bits per heavy atom. The summed E-state index contributed by atoms with van der Waals surface area (Å²) >= 11 is 1.94. The molecule has 2 aliphatic rings. The molecule has 0 radical (unpaired) electrons. The fourth-order valence-corrected chi connectivity index (χ4v) is 4.63. The van der Waals surface area contributed by atoms with Crippen molar-refractivity contribution in [2.24, 2.45) is 5.92 Å². The third-order valence-corrected chi connectivity index (χ3v) is 5.97. The zero-order valence-corrected chi connectivity index (χ0v) is 13.8. The molecule has 1 atom stereocenters. The Bertz CT molecular complexity index is 428. The smallest absolute Gasteiger partial charge is 0.110 e. The highest BCUT2D eigenvalue weighted by atomic mass is 32.1. The Balaban J connectivity index is 1.79. The van der Waals surface area contributed by atoms with Crippen molar-refractivity contribution in [1.82, 2.24) is 10.3 Å². The van der Waals surface area contributed by atoms with Gasteiger partial charge >= 0.3 is 0 Å². The van der Waals surface area contributed by atoms with Gasteiger partial charge in [-0.25, -0.2) is 4.98 Å². The first kappa shape index (κ1) is 14.5. The van der Waals surface area contributed by atoms with Crippen molar-refractivity contribution in [3.05, 3.63) is 15.6 Å². The summed E-state index contributed by atoms with van der Waals surface area (Å²) in [5.74, 6) is 0.813. The maximum absolute atomic E-state index is 4.97. The molecule has 2 aliphatic carbocycles. The molecule has 112 valence electrons. The molecule has 2 saturated carbocycles. The van der Waals surface area contributed by atoms with E-state index in [1.165, 1.54) is 66.9 Å². The lowest BCUT2D eigenvalue weighted by Gasteiger charge is -2.25. The quantitative estimate of drug-likeness (QED) is 0.790. The summed E-state index contributed by atoms with van der Waals surface area (Å²) in [6, 6.07) is 1.31. The van der Waals surface area contributed by atoms with Crippen LogP contribution in [0.2, 0.25) is 0 Å². The maximum atomic E-state index is 4.97. The Morgan fingerprint density at radius 3 is 2.40 bits per heavy atom. The molecule has 0 aromatic carbocycles. The lowest BCUT2D eigenvalue weighted by molar-refractivity contribution is 0.322. The van der Waals surface area contributed by atoms with E-state index in [-0.39, 0.29) is 0 Å². The molecule has 0 bridgehead atoms. The summed E-state index contributed by atoms with van der Waals surface area (Å²) in [7, 11) is 0. The van der Waals surface area contributed by atoms with Crippen molar-refractivity contribution < 1.29 is 0 Å². The Labute approximate surface area is 127 Å². The van der Waals surface area contributed by atoms with Gasteiger partial charge in [0.1, 0.15) is 5.01 Å². The van der Waals surface area contributed by atoms with Gasteiger partial charge in [0.15, 0.2) is 0 Å². The summed E-state index contributed by atoms with van der Waals surface area (Å²) in [5, 5.41) is 5.29. The number of thiazole rings is 1. The van der Waals surface area contributed by atoms with Crippen molar-refractivity contribution >= 4 is 11.3 Å². The highest BCUT2D eigenvalue weighted by Crippen LogP contribution is 2.38. The van der Waals surface area contributed by atoms with Gasteiger partial charge in [0.05, 0.1) is 11.7 Å². The number of aromatic nitrogens is 1. The monoisotopic (exact) mass is 292 g/mol. The molecular weight excluding hydrogens is 264 g/mol. The molecule has 2 nitrogen and oxygen atoms in total. The summed E-state index contributed by atoms with van der Waals surface area (Å²) < 4.78 is 0. The first-order valence-corrected chi connectivity index (χ1v) is 9.31. The van der Waals surface area contributed by atoms with Gasteiger partial charge in [0, 0.05) is 10.9 Å². The first-order chi connectivity index (χ1) is 9.78. The van der Waals surface area contributed by atoms with Crippen LogP contribution in [-0.2, 0) is 6.42 Å². The number of rotatable bonds is 5. The highest BCUT2D eigenvalue weighted by Gasteiger charge is 2.32. The minimum absolute atomic E-state index is 0.532. The maximum Gasteiger partial charge on any atom is 0.110 e. The molecule has 1 unspecified atom stereocenters. The third-order valence-electron chi connectivity index (χ3n) is 4.87. The zero-order valence-electron chi connectivity index (χ0n) is 13.0. The molecule has 0 spiro atoms. The van der Waals surface area contributed by atoms with Crippen LogP contribution in [0.25, 0.3) is 0 Å². The number of nitrogens with zero attached hydrogens (tertiary/aromatic N) is 1. The summed E-state index contributed by atoms with van der Waals surface area (Å²) in [4.78, 5) is 6.40. The summed E-state index contributed by atoms with van der Waals surface area (Å²) in [5.41, 5.74) is 1.32. The number of hydrogen-bond acceptors (Lipinski definition) is 3. The van der Waals surface area contributed by atoms with Crippen molar-refractivity contribution in [1.29, 1.82) is 0 Å². The van der Waals surface area contributed by atoms with E-state index in [1.54, 1.807) is 0 Å². The molecule has 0 amide bonds. The summed E-state index contributed by atoms with van der Waals surface area (Å²) in [6.07, 6.45) is 12.3. The predicted octanol–water partition coefficient (Wildman–Crippen LogP) is 4.78. The second kappa shape index (κ2) is 6.57. The van der Waals surface area contributed by atoms with Crippen LogP contribution in [-0.4, -0.2) is 11.0 Å². The van der Waals surface area contributed by atoms with Crippen molar-refractivity contribution in [2.75, 3.05) is 0 Å². The average Bonchev–Trinajstić information content (AvgIpc) is 3.23. The third kappa shape index (κ3) is 3.43. The normalized spacial score (nSPS) is 22.7. The largest absolute Gasteiger partial charge is 0.305 e. The van der Waals surface area contributed by atoms with E-state index in [4.69, 9.17) is 4.98 Å². The number of hydrogen-bond donors (Lipinski definition) is 1. The van der Waals surface area contributed by atoms with Gasteiger partial charge in [-0.15, -0.1) is 11.3 Å². The van der Waals surface area contributed by atoms with E-state index in [1.807, 2.05) is 11.3 Å². The van der Waals surface area contributed by atoms with Crippen molar-refractivity contribution in [3.8, 4) is 0 Å². The zero-order chi connectivity index (χ0) is 13.9. The first-order valence-electron chi connectivity index (χ1n) is 8.50. The van der Waals surface area contributed by atoms with Gasteiger partial charge in [0.2, 0.25) is 0 Å². The number of nitrogens with one attached hydrogen (secondary N) is 1. The molecule has 0 saturated heterocycles.